The maximum Gasteiger partial charge on any atom is 0.309 e. The normalized spacial score (nSPS) is 13.3. The highest BCUT2D eigenvalue weighted by molar-refractivity contribution is 5.96. The maximum atomic E-state index is 11.9. The van der Waals surface area contributed by atoms with Crippen LogP contribution in [-0.4, -0.2) is 37.5 Å². The van der Waals surface area contributed by atoms with Crippen LogP contribution in [0, 0.1) is 0 Å². The predicted molar refractivity (Wildman–Crippen MR) is 104 cm³/mol. The Morgan fingerprint density at radius 3 is 2.46 bits per heavy atom. The molecule has 1 N–H and O–H groups in total. The van der Waals surface area contributed by atoms with Crippen molar-refractivity contribution in [3.63, 3.8) is 0 Å². The van der Waals surface area contributed by atoms with Crippen LogP contribution in [0.3, 0.4) is 0 Å². The standard InChI is InChI=1S/C21H22N2O5/c24-19(15-28-21(26)12-14-27-18-5-2-1-3-6-18)22-16-8-10-17(11-9-16)23-13-4-7-20(23)25/h1-3,5-6,8-11H,4,7,12-15H2,(H,22,24). The van der Waals surface area contributed by atoms with Gasteiger partial charge in [-0.05, 0) is 42.8 Å². The fourth-order valence-corrected chi connectivity index (χ4v) is 2.83. The van der Waals surface area contributed by atoms with Crippen molar-refractivity contribution in [3.05, 3.63) is 54.6 Å². The number of benzene rings is 2. The second-order valence-electron chi connectivity index (χ2n) is 6.32. The van der Waals surface area contributed by atoms with Crippen LogP contribution in [0.15, 0.2) is 54.6 Å². The number of hydrogen-bond acceptors (Lipinski definition) is 5. The van der Waals surface area contributed by atoms with Crippen molar-refractivity contribution < 1.29 is 23.9 Å². The molecule has 0 radical (unpaired) electrons. The van der Waals surface area contributed by atoms with Crippen LogP contribution in [-0.2, 0) is 19.1 Å². The van der Waals surface area contributed by atoms with Gasteiger partial charge in [-0.1, -0.05) is 18.2 Å². The van der Waals surface area contributed by atoms with Crippen molar-refractivity contribution >= 4 is 29.2 Å². The Morgan fingerprint density at radius 2 is 1.79 bits per heavy atom. The van der Waals surface area contributed by atoms with E-state index in [2.05, 4.69) is 5.32 Å². The first-order valence-corrected chi connectivity index (χ1v) is 9.15. The third-order valence-corrected chi connectivity index (χ3v) is 4.22. The Kier molecular flexibility index (Phi) is 6.62. The van der Waals surface area contributed by atoms with Crippen LogP contribution < -0.4 is 15.0 Å². The monoisotopic (exact) mass is 382 g/mol. The third-order valence-electron chi connectivity index (χ3n) is 4.22. The van der Waals surface area contributed by atoms with E-state index in [-0.39, 0.29) is 25.5 Å². The number of nitrogens with one attached hydrogen (secondary N) is 1. The Hall–Kier alpha value is -3.35. The molecule has 146 valence electrons. The van der Waals surface area contributed by atoms with E-state index in [4.69, 9.17) is 9.47 Å². The second kappa shape index (κ2) is 9.55. The summed E-state index contributed by atoms with van der Waals surface area (Å²) < 4.78 is 10.4. The smallest absolute Gasteiger partial charge is 0.309 e. The van der Waals surface area contributed by atoms with E-state index in [1.807, 2.05) is 18.2 Å². The van der Waals surface area contributed by atoms with E-state index >= 15 is 0 Å². The zero-order valence-corrected chi connectivity index (χ0v) is 15.4. The molecule has 1 heterocycles. The Bertz CT molecular complexity index is 820. The van der Waals surface area contributed by atoms with Crippen LogP contribution in [0.25, 0.3) is 0 Å². The van der Waals surface area contributed by atoms with E-state index in [1.54, 1.807) is 41.3 Å². The topological polar surface area (TPSA) is 84.9 Å². The third kappa shape index (κ3) is 5.57. The molecule has 0 spiro atoms. The predicted octanol–water partition coefficient (Wildman–Crippen LogP) is 2.76. The van der Waals surface area contributed by atoms with Gasteiger partial charge in [0, 0.05) is 24.3 Å². The highest BCUT2D eigenvalue weighted by atomic mass is 16.5. The summed E-state index contributed by atoms with van der Waals surface area (Å²) in [7, 11) is 0. The van der Waals surface area contributed by atoms with Gasteiger partial charge in [-0.15, -0.1) is 0 Å². The number of rotatable bonds is 8. The summed E-state index contributed by atoms with van der Waals surface area (Å²) >= 11 is 0. The first kappa shape index (κ1) is 19.4. The molecule has 0 aliphatic carbocycles. The number of para-hydroxylation sites is 1. The molecule has 0 atom stereocenters. The molecule has 3 rings (SSSR count). The molecule has 2 amide bonds. The molecule has 2 aromatic rings. The first-order valence-electron chi connectivity index (χ1n) is 9.15. The SMILES string of the molecule is O=C(COC(=O)CCOc1ccccc1)Nc1ccc(N2CCCC2=O)cc1. The average molecular weight is 382 g/mol. The Balaban J connectivity index is 1.36. The second-order valence-corrected chi connectivity index (χ2v) is 6.32. The van der Waals surface area contributed by atoms with Crippen molar-refractivity contribution in [2.45, 2.75) is 19.3 Å². The Labute approximate surface area is 163 Å². The molecule has 1 fully saturated rings. The molecule has 0 bridgehead atoms. The summed E-state index contributed by atoms with van der Waals surface area (Å²) in [6.07, 6.45) is 1.49. The highest BCUT2D eigenvalue weighted by Crippen LogP contribution is 2.23. The summed E-state index contributed by atoms with van der Waals surface area (Å²) in [5.41, 5.74) is 1.38. The van der Waals surface area contributed by atoms with Gasteiger partial charge in [0.05, 0.1) is 13.0 Å². The average Bonchev–Trinajstić information content (AvgIpc) is 3.14. The van der Waals surface area contributed by atoms with Crippen LogP contribution in [0.5, 0.6) is 5.75 Å². The first-order chi connectivity index (χ1) is 13.6. The molecule has 7 nitrogen and oxygen atoms in total. The van der Waals surface area contributed by atoms with E-state index in [0.717, 1.165) is 12.1 Å². The molecule has 1 aliphatic heterocycles. The minimum absolute atomic E-state index is 0.0563. The number of hydrogen-bond donors (Lipinski definition) is 1. The number of amides is 2. The molecule has 2 aromatic carbocycles. The van der Waals surface area contributed by atoms with Crippen molar-refractivity contribution in [1.82, 2.24) is 0 Å². The van der Waals surface area contributed by atoms with Gasteiger partial charge < -0.3 is 19.7 Å². The molecular weight excluding hydrogens is 360 g/mol. The molecule has 7 heteroatoms. The molecule has 1 saturated heterocycles. The van der Waals surface area contributed by atoms with E-state index in [9.17, 15) is 14.4 Å². The molecule has 28 heavy (non-hydrogen) atoms. The fraction of sp³-hybridized carbons (Fsp3) is 0.286. The number of carbonyl (C=O) groups is 3. The summed E-state index contributed by atoms with van der Waals surface area (Å²) in [4.78, 5) is 37.1. The largest absolute Gasteiger partial charge is 0.493 e. The summed E-state index contributed by atoms with van der Waals surface area (Å²) in [6.45, 7) is 0.534. The molecule has 0 saturated carbocycles. The lowest BCUT2D eigenvalue weighted by atomic mass is 10.2. The lowest BCUT2D eigenvalue weighted by molar-refractivity contribution is -0.147. The fourth-order valence-electron chi connectivity index (χ4n) is 2.83. The van der Waals surface area contributed by atoms with Crippen LogP contribution in [0.1, 0.15) is 19.3 Å². The van der Waals surface area contributed by atoms with Crippen LogP contribution in [0.2, 0.25) is 0 Å². The van der Waals surface area contributed by atoms with Gasteiger partial charge in [-0.3, -0.25) is 14.4 Å². The molecular formula is C21H22N2O5. The molecule has 1 aliphatic rings. The van der Waals surface area contributed by atoms with Crippen molar-refractivity contribution in [2.24, 2.45) is 0 Å². The van der Waals surface area contributed by atoms with E-state index < -0.39 is 11.9 Å². The lowest BCUT2D eigenvalue weighted by Crippen LogP contribution is -2.24. The molecule has 0 unspecified atom stereocenters. The minimum atomic E-state index is -0.506. The van der Waals surface area contributed by atoms with Crippen molar-refractivity contribution in [3.8, 4) is 5.75 Å². The van der Waals surface area contributed by atoms with Crippen LogP contribution in [0.4, 0.5) is 11.4 Å². The highest BCUT2D eigenvalue weighted by Gasteiger charge is 2.21. The lowest BCUT2D eigenvalue weighted by Gasteiger charge is -2.16. The maximum absolute atomic E-state index is 11.9. The summed E-state index contributed by atoms with van der Waals surface area (Å²) in [5.74, 6) is -0.150. The zero-order chi connectivity index (χ0) is 19.8. The van der Waals surface area contributed by atoms with Gasteiger partial charge >= 0.3 is 5.97 Å². The number of nitrogens with zero attached hydrogens (tertiary/aromatic N) is 1. The minimum Gasteiger partial charge on any atom is -0.493 e. The van der Waals surface area contributed by atoms with Gasteiger partial charge in [0.15, 0.2) is 6.61 Å². The number of esters is 1. The zero-order valence-electron chi connectivity index (χ0n) is 15.4. The van der Waals surface area contributed by atoms with Gasteiger partial charge in [0.1, 0.15) is 5.75 Å². The van der Waals surface area contributed by atoms with Gasteiger partial charge in [0.2, 0.25) is 5.91 Å². The Morgan fingerprint density at radius 1 is 1.04 bits per heavy atom. The number of anilines is 2. The number of carbonyl (C=O) groups excluding carboxylic acids is 3. The van der Waals surface area contributed by atoms with Crippen LogP contribution >= 0.6 is 0 Å². The summed E-state index contributed by atoms with van der Waals surface area (Å²) in [6, 6.07) is 16.1. The van der Waals surface area contributed by atoms with Gasteiger partial charge in [-0.25, -0.2) is 0 Å². The summed E-state index contributed by atoms with van der Waals surface area (Å²) in [5, 5.41) is 2.66. The molecule has 0 aromatic heterocycles. The quantitative estimate of drug-likeness (QED) is 0.710. The number of ether oxygens (including phenoxy) is 2. The van der Waals surface area contributed by atoms with E-state index in [1.165, 1.54) is 0 Å². The van der Waals surface area contributed by atoms with Crippen molar-refractivity contribution in [1.29, 1.82) is 0 Å². The van der Waals surface area contributed by atoms with Gasteiger partial charge in [-0.2, -0.15) is 0 Å². The van der Waals surface area contributed by atoms with Gasteiger partial charge in [0.25, 0.3) is 5.91 Å². The van der Waals surface area contributed by atoms with Crippen molar-refractivity contribution in [2.75, 3.05) is 30.0 Å². The van der Waals surface area contributed by atoms with E-state index in [0.29, 0.717) is 24.4 Å².